The second kappa shape index (κ2) is 14.9. The van der Waals surface area contributed by atoms with Gasteiger partial charge < -0.3 is 15.0 Å². The zero-order chi connectivity index (χ0) is 24.1. The van der Waals surface area contributed by atoms with Crippen LogP contribution in [0, 0.1) is 0 Å². The Labute approximate surface area is 207 Å². The van der Waals surface area contributed by atoms with E-state index in [4.69, 9.17) is 16.3 Å². The van der Waals surface area contributed by atoms with Crippen LogP contribution in [0.25, 0.3) is 0 Å². The van der Waals surface area contributed by atoms with E-state index in [-0.39, 0.29) is 11.8 Å². The van der Waals surface area contributed by atoms with Crippen LogP contribution in [0.3, 0.4) is 0 Å². The summed E-state index contributed by atoms with van der Waals surface area (Å²) in [6.45, 7) is 5.07. The molecule has 1 atom stereocenters. The van der Waals surface area contributed by atoms with Gasteiger partial charge in [-0.15, -0.1) is 11.8 Å². The molecule has 0 aliphatic carbocycles. The maximum Gasteiger partial charge on any atom is 0.242 e. The van der Waals surface area contributed by atoms with Gasteiger partial charge in [-0.3, -0.25) is 9.59 Å². The number of hydrogen-bond acceptors (Lipinski definition) is 4. The summed E-state index contributed by atoms with van der Waals surface area (Å²) < 4.78 is 5.24. The summed E-state index contributed by atoms with van der Waals surface area (Å²) in [6, 6.07) is 14.9. The van der Waals surface area contributed by atoms with Crippen LogP contribution in [-0.2, 0) is 16.1 Å². The molecule has 0 saturated carbocycles. The molecule has 0 radical (unpaired) electrons. The van der Waals surface area contributed by atoms with Gasteiger partial charge in [0.25, 0.3) is 0 Å². The number of amides is 2. The second-order valence-corrected chi connectivity index (χ2v) is 9.45. The van der Waals surface area contributed by atoms with Gasteiger partial charge in [0.05, 0.1) is 7.11 Å². The average molecular weight is 491 g/mol. The molecule has 0 aliphatic rings. The van der Waals surface area contributed by atoms with E-state index in [1.54, 1.807) is 23.8 Å². The van der Waals surface area contributed by atoms with Crippen molar-refractivity contribution in [3.63, 3.8) is 0 Å². The molecule has 7 heteroatoms. The number of nitrogens with zero attached hydrogens (tertiary/aromatic N) is 1. The predicted octanol–water partition coefficient (Wildman–Crippen LogP) is 5.94. The summed E-state index contributed by atoms with van der Waals surface area (Å²) in [6.07, 6.45) is 3.64. The number of rotatable bonds is 14. The maximum absolute atomic E-state index is 13.3. The number of carbonyl (C=O) groups excluding carboxylic acids is 2. The molecular weight excluding hydrogens is 456 g/mol. The van der Waals surface area contributed by atoms with Crippen LogP contribution in [0.2, 0.25) is 5.02 Å². The van der Waals surface area contributed by atoms with Gasteiger partial charge in [0, 0.05) is 29.4 Å². The molecule has 0 bridgehead atoms. The maximum atomic E-state index is 13.3. The Balaban J connectivity index is 2.03. The number of thioether (sulfide) groups is 1. The van der Waals surface area contributed by atoms with Crippen LogP contribution in [0.4, 0.5) is 0 Å². The van der Waals surface area contributed by atoms with E-state index in [1.165, 1.54) is 0 Å². The molecule has 0 aromatic heterocycles. The molecule has 2 rings (SSSR count). The molecule has 0 fully saturated rings. The summed E-state index contributed by atoms with van der Waals surface area (Å²) in [4.78, 5) is 29.0. The number of nitrogens with one attached hydrogen (secondary N) is 1. The van der Waals surface area contributed by atoms with Crippen molar-refractivity contribution in [3.8, 4) is 5.75 Å². The lowest BCUT2D eigenvalue weighted by molar-refractivity contribution is -0.141. The third kappa shape index (κ3) is 9.30. The van der Waals surface area contributed by atoms with Crippen molar-refractivity contribution in [2.24, 2.45) is 0 Å². The first-order valence-corrected chi connectivity index (χ1v) is 12.9. The summed E-state index contributed by atoms with van der Waals surface area (Å²) in [7, 11) is 1.63. The van der Waals surface area contributed by atoms with Crippen molar-refractivity contribution in [2.45, 2.75) is 63.4 Å². The minimum atomic E-state index is -0.486. The Hall–Kier alpha value is -2.18. The Morgan fingerprint density at radius 2 is 1.76 bits per heavy atom. The second-order valence-electron chi connectivity index (χ2n) is 7.84. The third-order valence-electron chi connectivity index (χ3n) is 5.34. The van der Waals surface area contributed by atoms with E-state index in [0.29, 0.717) is 31.0 Å². The van der Waals surface area contributed by atoms with Crippen LogP contribution < -0.4 is 10.1 Å². The van der Waals surface area contributed by atoms with E-state index in [1.807, 2.05) is 55.5 Å². The molecular formula is C26H35ClN2O3S. The van der Waals surface area contributed by atoms with Crippen LogP contribution in [0.1, 0.15) is 51.5 Å². The van der Waals surface area contributed by atoms with Gasteiger partial charge in [-0.2, -0.15) is 0 Å². The molecule has 33 heavy (non-hydrogen) atoms. The molecule has 0 heterocycles. The summed E-state index contributed by atoms with van der Waals surface area (Å²) in [5, 5.41) is 3.71. The molecule has 2 amide bonds. The SMILES string of the molecule is CCCCNC(=O)[C@@H](CC)N(Cc1ccc(OC)cc1)C(=O)CCCSc1ccc(Cl)cc1. The largest absolute Gasteiger partial charge is 0.497 e. The van der Waals surface area contributed by atoms with E-state index in [0.717, 1.165) is 41.2 Å². The van der Waals surface area contributed by atoms with Gasteiger partial charge in [0.15, 0.2) is 0 Å². The van der Waals surface area contributed by atoms with Crippen LogP contribution >= 0.6 is 23.4 Å². The topological polar surface area (TPSA) is 58.6 Å². The Bertz CT molecular complexity index is 859. The van der Waals surface area contributed by atoms with Gasteiger partial charge >= 0.3 is 0 Å². The number of unbranched alkanes of at least 4 members (excludes halogenated alkanes) is 1. The highest BCUT2D eigenvalue weighted by Crippen LogP contribution is 2.22. The third-order valence-corrected chi connectivity index (χ3v) is 6.70. The molecule has 0 aliphatic heterocycles. The smallest absolute Gasteiger partial charge is 0.242 e. The zero-order valence-electron chi connectivity index (χ0n) is 19.8. The fraction of sp³-hybridized carbons (Fsp3) is 0.462. The Morgan fingerprint density at radius 1 is 1.06 bits per heavy atom. The van der Waals surface area contributed by atoms with Crippen LogP contribution in [0.5, 0.6) is 5.75 Å². The zero-order valence-corrected chi connectivity index (χ0v) is 21.4. The number of methoxy groups -OCH3 is 1. The molecule has 2 aromatic rings. The first-order chi connectivity index (χ1) is 16.0. The van der Waals surface area contributed by atoms with Crippen LogP contribution in [-0.4, -0.2) is 42.2 Å². The van der Waals surface area contributed by atoms with Gasteiger partial charge in [0.1, 0.15) is 11.8 Å². The summed E-state index contributed by atoms with van der Waals surface area (Å²) in [5.41, 5.74) is 0.972. The fourth-order valence-corrected chi connectivity index (χ4v) is 4.42. The lowest BCUT2D eigenvalue weighted by Gasteiger charge is -2.31. The Kier molecular flexibility index (Phi) is 12.2. The lowest BCUT2D eigenvalue weighted by atomic mass is 10.1. The summed E-state index contributed by atoms with van der Waals surface area (Å²) >= 11 is 7.64. The standard InChI is InChI=1S/C26H35ClN2O3S/c1-4-6-17-28-26(31)24(5-2)29(19-20-9-13-22(32-3)14-10-20)25(30)8-7-18-33-23-15-11-21(27)12-16-23/h9-16,24H,4-8,17-19H2,1-3H3,(H,28,31)/t24-/m1/s1. The quantitative estimate of drug-likeness (QED) is 0.263. The van der Waals surface area contributed by atoms with Gasteiger partial charge in [-0.05, 0) is 67.0 Å². The van der Waals surface area contributed by atoms with Crippen molar-refractivity contribution in [3.05, 3.63) is 59.1 Å². The highest BCUT2D eigenvalue weighted by Gasteiger charge is 2.28. The average Bonchev–Trinajstić information content (AvgIpc) is 2.83. The van der Waals surface area contributed by atoms with Gasteiger partial charge in [-0.25, -0.2) is 0 Å². The van der Waals surface area contributed by atoms with Crippen LogP contribution in [0.15, 0.2) is 53.4 Å². The molecule has 1 N–H and O–H groups in total. The van der Waals surface area contributed by atoms with Crippen molar-refractivity contribution in [1.29, 1.82) is 0 Å². The number of halogens is 1. The fourth-order valence-electron chi connectivity index (χ4n) is 3.44. The van der Waals surface area contributed by atoms with E-state index in [2.05, 4.69) is 12.2 Å². The monoisotopic (exact) mass is 490 g/mol. The number of ether oxygens (including phenoxy) is 1. The number of carbonyl (C=O) groups is 2. The Morgan fingerprint density at radius 3 is 2.36 bits per heavy atom. The van der Waals surface area contributed by atoms with Gasteiger partial charge in [0.2, 0.25) is 11.8 Å². The van der Waals surface area contributed by atoms with E-state index < -0.39 is 6.04 Å². The molecule has 0 spiro atoms. The van der Waals surface area contributed by atoms with Crippen molar-refractivity contribution >= 4 is 35.2 Å². The first kappa shape index (κ1) is 27.1. The van der Waals surface area contributed by atoms with E-state index in [9.17, 15) is 9.59 Å². The number of hydrogen-bond donors (Lipinski definition) is 1. The summed E-state index contributed by atoms with van der Waals surface area (Å²) in [5.74, 6) is 1.51. The molecule has 0 unspecified atom stereocenters. The minimum Gasteiger partial charge on any atom is -0.497 e. The normalized spacial score (nSPS) is 11.6. The highest BCUT2D eigenvalue weighted by molar-refractivity contribution is 7.99. The minimum absolute atomic E-state index is 0.0000145. The molecule has 5 nitrogen and oxygen atoms in total. The molecule has 2 aromatic carbocycles. The molecule has 180 valence electrons. The van der Waals surface area contributed by atoms with E-state index >= 15 is 0 Å². The highest BCUT2D eigenvalue weighted by atomic mass is 35.5. The molecule has 0 saturated heterocycles. The first-order valence-electron chi connectivity index (χ1n) is 11.6. The number of benzene rings is 2. The predicted molar refractivity (Wildman–Crippen MR) is 137 cm³/mol. The van der Waals surface area contributed by atoms with Crippen molar-refractivity contribution in [1.82, 2.24) is 10.2 Å². The van der Waals surface area contributed by atoms with Crippen molar-refractivity contribution in [2.75, 3.05) is 19.4 Å². The van der Waals surface area contributed by atoms with Gasteiger partial charge in [-0.1, -0.05) is 44.0 Å². The van der Waals surface area contributed by atoms with Crippen molar-refractivity contribution < 1.29 is 14.3 Å². The lowest BCUT2D eigenvalue weighted by Crippen LogP contribution is -2.49.